The van der Waals surface area contributed by atoms with Gasteiger partial charge in [0.2, 0.25) is 5.91 Å². The Morgan fingerprint density at radius 3 is 2.73 bits per heavy atom. The van der Waals surface area contributed by atoms with Crippen LogP contribution in [0, 0.1) is 0 Å². The normalized spacial score (nSPS) is 17.8. The fourth-order valence-corrected chi connectivity index (χ4v) is 4.30. The Labute approximate surface area is 191 Å². The van der Waals surface area contributed by atoms with Crippen molar-refractivity contribution in [2.45, 2.75) is 37.8 Å². The second-order valence-corrected chi connectivity index (χ2v) is 8.75. The lowest BCUT2D eigenvalue weighted by molar-refractivity contribution is -0.119. The summed E-state index contributed by atoms with van der Waals surface area (Å²) in [6.07, 6.45) is 6.59. The van der Waals surface area contributed by atoms with E-state index in [1.807, 2.05) is 41.2 Å². The van der Waals surface area contributed by atoms with Crippen LogP contribution >= 0.6 is 0 Å². The third kappa shape index (κ3) is 4.11. The van der Waals surface area contributed by atoms with Gasteiger partial charge in [-0.05, 0) is 36.5 Å². The number of nitrogens with zero attached hydrogens (tertiary/aromatic N) is 4. The number of benzene rings is 1. The van der Waals surface area contributed by atoms with E-state index in [0.29, 0.717) is 25.4 Å². The summed E-state index contributed by atoms with van der Waals surface area (Å²) in [5.74, 6) is 2.26. The zero-order valence-electron chi connectivity index (χ0n) is 18.2. The molecule has 8 nitrogen and oxygen atoms in total. The molecule has 2 fully saturated rings. The van der Waals surface area contributed by atoms with E-state index in [-0.39, 0.29) is 11.9 Å². The van der Waals surface area contributed by atoms with Crippen LogP contribution in [0.15, 0.2) is 60.9 Å². The monoisotopic (exact) mass is 439 g/mol. The SMILES string of the molecule is O=C1C[C@H](Nc2cc(NCc3ccc(-c4ccccn4)cc3)n3ncc(C4CC4)c3n2)CN1. The van der Waals surface area contributed by atoms with Gasteiger partial charge in [0.25, 0.3) is 0 Å². The van der Waals surface area contributed by atoms with Crippen LogP contribution in [0.2, 0.25) is 0 Å². The van der Waals surface area contributed by atoms with Crippen LogP contribution in [-0.4, -0.2) is 38.1 Å². The largest absolute Gasteiger partial charge is 0.366 e. The molecular formula is C25H25N7O. The Bertz CT molecular complexity index is 1300. The highest BCUT2D eigenvalue weighted by atomic mass is 16.1. The highest BCUT2D eigenvalue weighted by molar-refractivity contribution is 5.79. The molecule has 6 rings (SSSR count). The van der Waals surface area contributed by atoms with Crippen molar-refractivity contribution < 1.29 is 4.79 Å². The van der Waals surface area contributed by atoms with Gasteiger partial charge in [0.15, 0.2) is 5.65 Å². The maximum atomic E-state index is 11.6. The molecule has 4 aromatic rings. The van der Waals surface area contributed by atoms with Gasteiger partial charge in [-0.1, -0.05) is 30.3 Å². The van der Waals surface area contributed by atoms with E-state index >= 15 is 0 Å². The van der Waals surface area contributed by atoms with Gasteiger partial charge in [-0.2, -0.15) is 9.61 Å². The van der Waals surface area contributed by atoms with E-state index in [1.165, 1.54) is 18.4 Å². The first-order valence-corrected chi connectivity index (χ1v) is 11.4. The van der Waals surface area contributed by atoms with E-state index in [0.717, 1.165) is 34.1 Å². The highest BCUT2D eigenvalue weighted by Gasteiger charge is 2.29. The van der Waals surface area contributed by atoms with Gasteiger partial charge < -0.3 is 16.0 Å². The molecule has 8 heteroatoms. The van der Waals surface area contributed by atoms with Crippen molar-refractivity contribution >= 4 is 23.2 Å². The molecule has 166 valence electrons. The number of pyridine rings is 1. The van der Waals surface area contributed by atoms with E-state index in [9.17, 15) is 4.79 Å². The van der Waals surface area contributed by atoms with Crippen LogP contribution < -0.4 is 16.0 Å². The van der Waals surface area contributed by atoms with Crippen molar-refractivity contribution in [3.05, 3.63) is 72.1 Å². The number of hydrogen-bond donors (Lipinski definition) is 3. The smallest absolute Gasteiger partial charge is 0.222 e. The minimum absolute atomic E-state index is 0.0479. The molecular weight excluding hydrogens is 414 g/mol. The number of hydrogen-bond acceptors (Lipinski definition) is 6. The standard InChI is InChI=1S/C25H25N7O/c33-24-11-19(14-28-24)30-22-12-23(32-25(31-22)20(15-29-32)17-8-9-17)27-13-16-4-6-18(7-5-16)21-3-1-2-10-26-21/h1-7,10,12,15,17,19,27H,8-9,11,13-14H2,(H,28,33)(H,30,31)/t19-/m0/s1. The van der Waals surface area contributed by atoms with Crippen molar-refractivity contribution in [2.75, 3.05) is 17.2 Å². The van der Waals surface area contributed by atoms with Gasteiger partial charge in [0.05, 0.1) is 17.9 Å². The van der Waals surface area contributed by atoms with Crippen LogP contribution in [0.3, 0.4) is 0 Å². The van der Waals surface area contributed by atoms with E-state index in [4.69, 9.17) is 4.98 Å². The number of fused-ring (bicyclic) bond motifs is 1. The lowest BCUT2D eigenvalue weighted by Gasteiger charge is -2.15. The van der Waals surface area contributed by atoms with Crippen molar-refractivity contribution in [2.24, 2.45) is 0 Å². The van der Waals surface area contributed by atoms with Crippen LogP contribution in [-0.2, 0) is 11.3 Å². The van der Waals surface area contributed by atoms with Gasteiger partial charge in [-0.25, -0.2) is 4.98 Å². The van der Waals surface area contributed by atoms with E-state index < -0.39 is 0 Å². The second kappa shape index (κ2) is 8.20. The molecule has 0 unspecified atom stereocenters. The lowest BCUT2D eigenvalue weighted by Crippen LogP contribution is -2.23. The van der Waals surface area contributed by atoms with Crippen LogP contribution in [0.4, 0.5) is 11.6 Å². The number of amides is 1. The summed E-state index contributed by atoms with van der Waals surface area (Å²) in [5.41, 5.74) is 5.30. The Hall–Kier alpha value is -3.94. The summed E-state index contributed by atoms with van der Waals surface area (Å²) >= 11 is 0. The Morgan fingerprint density at radius 2 is 2.00 bits per heavy atom. The van der Waals surface area contributed by atoms with Gasteiger partial charge in [-0.15, -0.1) is 0 Å². The Kier molecular flexibility index (Phi) is 4.90. The maximum absolute atomic E-state index is 11.6. The average Bonchev–Trinajstić information content (AvgIpc) is 3.47. The lowest BCUT2D eigenvalue weighted by atomic mass is 10.1. The molecule has 0 bridgehead atoms. The van der Waals surface area contributed by atoms with Crippen molar-refractivity contribution in [3.8, 4) is 11.3 Å². The minimum Gasteiger partial charge on any atom is -0.366 e. The first-order chi connectivity index (χ1) is 16.2. The summed E-state index contributed by atoms with van der Waals surface area (Å²) in [4.78, 5) is 20.9. The molecule has 1 atom stereocenters. The number of nitrogens with one attached hydrogen (secondary N) is 3. The Balaban J connectivity index is 1.25. The quantitative estimate of drug-likeness (QED) is 0.407. The zero-order valence-corrected chi connectivity index (χ0v) is 18.2. The zero-order chi connectivity index (χ0) is 22.2. The molecule has 1 amide bonds. The summed E-state index contributed by atoms with van der Waals surface area (Å²) in [6, 6.07) is 16.4. The average molecular weight is 440 g/mol. The minimum atomic E-state index is 0.0479. The second-order valence-electron chi connectivity index (χ2n) is 8.75. The summed E-state index contributed by atoms with van der Waals surface area (Å²) in [6.45, 7) is 1.27. The van der Waals surface area contributed by atoms with Crippen LogP contribution in [0.1, 0.15) is 36.3 Å². The van der Waals surface area contributed by atoms with Gasteiger partial charge in [0, 0.05) is 42.9 Å². The summed E-state index contributed by atoms with van der Waals surface area (Å²) < 4.78 is 1.89. The number of anilines is 2. The summed E-state index contributed by atoms with van der Waals surface area (Å²) in [5, 5.41) is 14.4. The van der Waals surface area contributed by atoms with E-state index in [2.05, 4.69) is 50.3 Å². The van der Waals surface area contributed by atoms with Crippen molar-refractivity contribution in [1.29, 1.82) is 0 Å². The number of rotatable bonds is 7. The number of carbonyl (C=O) groups is 1. The van der Waals surface area contributed by atoms with Crippen LogP contribution in [0.5, 0.6) is 0 Å². The topological polar surface area (TPSA) is 96.2 Å². The fourth-order valence-electron chi connectivity index (χ4n) is 4.30. The Morgan fingerprint density at radius 1 is 1.12 bits per heavy atom. The van der Waals surface area contributed by atoms with Crippen molar-refractivity contribution in [1.82, 2.24) is 24.9 Å². The predicted molar refractivity (Wildman–Crippen MR) is 127 cm³/mol. The van der Waals surface area contributed by atoms with Gasteiger partial charge in [0.1, 0.15) is 11.6 Å². The highest BCUT2D eigenvalue weighted by Crippen LogP contribution is 2.42. The molecule has 1 saturated heterocycles. The molecule has 0 spiro atoms. The number of aromatic nitrogens is 4. The predicted octanol–water partition coefficient (Wildman–Crippen LogP) is 3.58. The molecule has 0 radical (unpaired) electrons. The molecule has 3 N–H and O–H groups in total. The molecule has 2 aliphatic rings. The first-order valence-electron chi connectivity index (χ1n) is 11.4. The van der Waals surface area contributed by atoms with Crippen LogP contribution in [0.25, 0.3) is 16.9 Å². The molecule has 1 aliphatic carbocycles. The molecule has 1 aliphatic heterocycles. The molecule has 1 saturated carbocycles. The summed E-state index contributed by atoms with van der Waals surface area (Å²) in [7, 11) is 0. The third-order valence-electron chi connectivity index (χ3n) is 6.23. The molecule has 3 aromatic heterocycles. The van der Waals surface area contributed by atoms with E-state index in [1.54, 1.807) is 0 Å². The fraction of sp³-hybridized carbons (Fsp3) is 0.280. The van der Waals surface area contributed by atoms with Gasteiger partial charge >= 0.3 is 0 Å². The molecule has 4 heterocycles. The first kappa shape index (κ1) is 19.7. The number of carbonyl (C=O) groups excluding carboxylic acids is 1. The third-order valence-corrected chi connectivity index (χ3v) is 6.23. The molecule has 1 aromatic carbocycles. The molecule has 33 heavy (non-hydrogen) atoms. The van der Waals surface area contributed by atoms with Gasteiger partial charge in [-0.3, -0.25) is 9.78 Å². The van der Waals surface area contributed by atoms with Crippen molar-refractivity contribution in [3.63, 3.8) is 0 Å². The maximum Gasteiger partial charge on any atom is 0.222 e.